The van der Waals surface area contributed by atoms with Crippen molar-refractivity contribution in [2.75, 3.05) is 19.5 Å². The van der Waals surface area contributed by atoms with E-state index in [9.17, 15) is 4.79 Å². The molecule has 0 bridgehead atoms. The van der Waals surface area contributed by atoms with E-state index in [1.807, 2.05) is 54.6 Å². The molecule has 0 atom stereocenters. The van der Waals surface area contributed by atoms with Gasteiger partial charge in [0.1, 0.15) is 5.52 Å². The Hall–Kier alpha value is -4.32. The van der Waals surface area contributed by atoms with E-state index in [-0.39, 0.29) is 5.91 Å². The van der Waals surface area contributed by atoms with Gasteiger partial charge >= 0.3 is 0 Å². The predicted molar refractivity (Wildman–Crippen MR) is 124 cm³/mol. The van der Waals surface area contributed by atoms with Crippen LogP contribution in [0.2, 0.25) is 0 Å². The lowest BCUT2D eigenvalue weighted by Gasteiger charge is -2.07. The monoisotopic (exact) mass is 424 g/mol. The lowest BCUT2D eigenvalue weighted by molar-refractivity contribution is 0.102. The van der Waals surface area contributed by atoms with E-state index in [0.29, 0.717) is 39.7 Å². The number of benzene rings is 4. The molecule has 32 heavy (non-hydrogen) atoms. The molecule has 1 heterocycles. The fourth-order valence-corrected chi connectivity index (χ4v) is 3.63. The molecule has 0 unspecified atom stereocenters. The number of hydrogen-bond acceptors (Lipinski definition) is 5. The molecule has 1 aromatic heterocycles. The highest BCUT2D eigenvalue weighted by Gasteiger charge is 2.13. The zero-order valence-electron chi connectivity index (χ0n) is 17.6. The lowest BCUT2D eigenvalue weighted by Crippen LogP contribution is -2.11. The Kier molecular flexibility index (Phi) is 4.95. The van der Waals surface area contributed by atoms with Gasteiger partial charge in [0.2, 0.25) is 5.89 Å². The quantitative estimate of drug-likeness (QED) is 0.379. The lowest BCUT2D eigenvalue weighted by atomic mass is 10.1. The Balaban J connectivity index is 1.41. The second-order valence-electron chi connectivity index (χ2n) is 7.29. The average Bonchev–Trinajstić information content (AvgIpc) is 3.26. The minimum Gasteiger partial charge on any atom is -0.493 e. The van der Waals surface area contributed by atoms with Gasteiger partial charge in [0.15, 0.2) is 17.1 Å². The molecule has 1 N–H and O–H groups in total. The first-order chi connectivity index (χ1) is 15.6. The van der Waals surface area contributed by atoms with Gasteiger partial charge in [0.25, 0.3) is 5.91 Å². The maximum atomic E-state index is 12.8. The number of carbonyl (C=O) groups excluding carboxylic acids is 1. The van der Waals surface area contributed by atoms with Crippen LogP contribution in [0.25, 0.3) is 33.3 Å². The molecule has 6 heteroatoms. The summed E-state index contributed by atoms with van der Waals surface area (Å²) in [5, 5.41) is 5.05. The highest BCUT2D eigenvalue weighted by Crippen LogP contribution is 2.33. The number of oxazole rings is 1. The molecule has 5 rings (SSSR count). The molecule has 0 aliphatic heterocycles. The van der Waals surface area contributed by atoms with Crippen molar-refractivity contribution in [2.45, 2.75) is 0 Å². The Morgan fingerprint density at radius 2 is 1.66 bits per heavy atom. The molecule has 6 nitrogen and oxygen atoms in total. The van der Waals surface area contributed by atoms with E-state index in [4.69, 9.17) is 13.9 Å². The topological polar surface area (TPSA) is 73.6 Å². The van der Waals surface area contributed by atoms with E-state index in [0.717, 1.165) is 16.3 Å². The molecular formula is C26H20N2O4. The Morgan fingerprint density at radius 1 is 0.844 bits per heavy atom. The van der Waals surface area contributed by atoms with Crippen LogP contribution in [-0.4, -0.2) is 25.1 Å². The maximum absolute atomic E-state index is 12.8. The molecule has 0 spiro atoms. The summed E-state index contributed by atoms with van der Waals surface area (Å²) >= 11 is 0. The van der Waals surface area contributed by atoms with Crippen LogP contribution in [0.5, 0.6) is 11.5 Å². The average molecular weight is 424 g/mol. The number of ether oxygens (including phenoxy) is 2. The van der Waals surface area contributed by atoms with Gasteiger partial charge in [-0.05, 0) is 59.3 Å². The minimum absolute atomic E-state index is 0.182. The fraction of sp³-hybridized carbons (Fsp3) is 0.0769. The van der Waals surface area contributed by atoms with Crippen LogP contribution in [0.1, 0.15) is 10.4 Å². The van der Waals surface area contributed by atoms with Gasteiger partial charge in [-0.2, -0.15) is 0 Å². The Morgan fingerprint density at radius 3 is 2.47 bits per heavy atom. The van der Waals surface area contributed by atoms with Crippen molar-refractivity contribution in [1.29, 1.82) is 0 Å². The Bertz CT molecular complexity index is 1460. The summed E-state index contributed by atoms with van der Waals surface area (Å²) in [5.41, 5.74) is 3.27. The third-order valence-corrected chi connectivity index (χ3v) is 5.29. The van der Waals surface area contributed by atoms with E-state index < -0.39 is 0 Å². The van der Waals surface area contributed by atoms with Gasteiger partial charge in [0, 0.05) is 16.8 Å². The van der Waals surface area contributed by atoms with Crippen LogP contribution in [0, 0.1) is 0 Å². The third-order valence-electron chi connectivity index (χ3n) is 5.29. The van der Waals surface area contributed by atoms with Crippen LogP contribution < -0.4 is 14.8 Å². The molecular weight excluding hydrogens is 404 g/mol. The second kappa shape index (κ2) is 8.07. The van der Waals surface area contributed by atoms with Gasteiger partial charge in [-0.25, -0.2) is 4.98 Å². The van der Waals surface area contributed by atoms with Crippen molar-refractivity contribution in [3.63, 3.8) is 0 Å². The summed E-state index contributed by atoms with van der Waals surface area (Å²) in [6, 6.07) is 24.4. The molecule has 0 saturated heterocycles. The molecule has 0 aliphatic rings. The zero-order chi connectivity index (χ0) is 22.1. The highest BCUT2D eigenvalue weighted by molar-refractivity contribution is 6.07. The molecule has 0 radical (unpaired) electrons. The summed E-state index contributed by atoms with van der Waals surface area (Å²) in [5.74, 6) is 1.50. The van der Waals surface area contributed by atoms with Crippen LogP contribution in [0.15, 0.2) is 83.3 Å². The van der Waals surface area contributed by atoms with Crippen LogP contribution in [0.4, 0.5) is 5.69 Å². The zero-order valence-corrected chi connectivity index (χ0v) is 17.6. The van der Waals surface area contributed by atoms with E-state index in [2.05, 4.69) is 10.3 Å². The third kappa shape index (κ3) is 3.63. The van der Waals surface area contributed by atoms with Crippen LogP contribution in [0.3, 0.4) is 0 Å². The fourth-order valence-electron chi connectivity index (χ4n) is 3.63. The standard InChI is InChI=1S/C26H20N2O4/c1-30-23-11-9-19(14-24(23)31-2)26-28-21-15-20(10-12-22(21)32-26)27-25(29)18-8-7-16-5-3-4-6-17(16)13-18/h3-15H,1-2H3,(H,27,29). The number of nitrogens with zero attached hydrogens (tertiary/aromatic N) is 1. The van der Waals surface area contributed by atoms with E-state index >= 15 is 0 Å². The summed E-state index contributed by atoms with van der Waals surface area (Å²) in [7, 11) is 3.17. The van der Waals surface area contributed by atoms with E-state index in [1.165, 1.54) is 0 Å². The van der Waals surface area contributed by atoms with Crippen LogP contribution >= 0.6 is 0 Å². The summed E-state index contributed by atoms with van der Waals surface area (Å²) in [6.45, 7) is 0. The number of hydrogen-bond donors (Lipinski definition) is 1. The number of rotatable bonds is 5. The molecule has 0 fully saturated rings. The van der Waals surface area contributed by atoms with Gasteiger partial charge in [-0.15, -0.1) is 0 Å². The number of aromatic nitrogens is 1. The van der Waals surface area contributed by atoms with Crippen molar-refractivity contribution in [1.82, 2.24) is 4.98 Å². The molecule has 4 aromatic carbocycles. The summed E-state index contributed by atoms with van der Waals surface area (Å²) in [4.78, 5) is 17.4. The first-order valence-corrected chi connectivity index (χ1v) is 10.1. The Labute approximate surface area is 184 Å². The molecule has 5 aromatic rings. The predicted octanol–water partition coefficient (Wildman–Crippen LogP) is 5.92. The molecule has 1 amide bonds. The van der Waals surface area contributed by atoms with Crippen molar-refractivity contribution in [3.05, 3.63) is 84.4 Å². The van der Waals surface area contributed by atoms with Gasteiger partial charge in [-0.3, -0.25) is 4.79 Å². The smallest absolute Gasteiger partial charge is 0.255 e. The minimum atomic E-state index is -0.182. The van der Waals surface area contributed by atoms with E-state index in [1.54, 1.807) is 38.5 Å². The van der Waals surface area contributed by atoms with Crippen molar-refractivity contribution in [3.8, 4) is 23.0 Å². The van der Waals surface area contributed by atoms with Gasteiger partial charge in [-0.1, -0.05) is 30.3 Å². The largest absolute Gasteiger partial charge is 0.493 e. The second-order valence-corrected chi connectivity index (χ2v) is 7.29. The van der Waals surface area contributed by atoms with Gasteiger partial charge in [0.05, 0.1) is 14.2 Å². The summed E-state index contributed by atoms with van der Waals surface area (Å²) < 4.78 is 16.5. The number of carbonyl (C=O) groups is 1. The highest BCUT2D eigenvalue weighted by atomic mass is 16.5. The number of anilines is 1. The molecule has 158 valence electrons. The van der Waals surface area contributed by atoms with Crippen molar-refractivity contribution in [2.24, 2.45) is 0 Å². The number of fused-ring (bicyclic) bond motifs is 2. The molecule has 0 saturated carbocycles. The van der Waals surface area contributed by atoms with Crippen molar-refractivity contribution < 1.29 is 18.7 Å². The molecule has 0 aliphatic carbocycles. The number of nitrogens with one attached hydrogen (secondary N) is 1. The first-order valence-electron chi connectivity index (χ1n) is 10.1. The first kappa shape index (κ1) is 19.6. The number of methoxy groups -OCH3 is 2. The van der Waals surface area contributed by atoms with Crippen LogP contribution in [-0.2, 0) is 0 Å². The maximum Gasteiger partial charge on any atom is 0.255 e. The van der Waals surface area contributed by atoms with Gasteiger partial charge < -0.3 is 19.2 Å². The number of amides is 1. The normalized spacial score (nSPS) is 10.9. The SMILES string of the molecule is COc1ccc(-c2nc3cc(NC(=O)c4ccc5ccccc5c4)ccc3o2)cc1OC. The van der Waals surface area contributed by atoms with Crippen molar-refractivity contribution >= 4 is 33.5 Å². The summed E-state index contributed by atoms with van der Waals surface area (Å²) in [6.07, 6.45) is 0.